The van der Waals surface area contributed by atoms with Crippen LogP contribution in [0.25, 0.3) is 0 Å². The summed E-state index contributed by atoms with van der Waals surface area (Å²) in [6.45, 7) is 4.47. The van der Waals surface area contributed by atoms with Crippen LogP contribution in [0.4, 0.5) is 0 Å². The number of nitrogens with two attached hydrogens (primary N) is 1. The maximum Gasteiger partial charge on any atom is 0.239 e. The van der Waals surface area contributed by atoms with Crippen LogP contribution in [-0.4, -0.2) is 32.2 Å². The molecule has 1 atom stereocenters. The SMILES string of the molecule is CCCC(C)(N)C(=O)NCC1(c2ccc(OC)c(OC)c2)CCCCC1.Cl. The maximum atomic E-state index is 12.6. The van der Waals surface area contributed by atoms with E-state index in [1.807, 2.05) is 19.9 Å². The first-order valence-corrected chi connectivity index (χ1v) is 9.68. The summed E-state index contributed by atoms with van der Waals surface area (Å²) in [5.41, 5.74) is 6.51. The number of hydrogen-bond donors (Lipinski definition) is 2. The lowest BCUT2D eigenvalue weighted by Crippen LogP contribution is -2.54. The summed E-state index contributed by atoms with van der Waals surface area (Å²) in [5.74, 6) is 1.39. The minimum Gasteiger partial charge on any atom is -0.493 e. The highest BCUT2D eigenvalue weighted by Gasteiger charge is 2.36. The van der Waals surface area contributed by atoms with Crippen molar-refractivity contribution in [2.45, 2.75) is 69.7 Å². The van der Waals surface area contributed by atoms with E-state index in [0.29, 0.717) is 13.0 Å². The number of nitrogens with one attached hydrogen (secondary N) is 1. The van der Waals surface area contributed by atoms with Crippen LogP contribution in [0.5, 0.6) is 11.5 Å². The highest BCUT2D eigenvalue weighted by atomic mass is 35.5. The fourth-order valence-electron chi connectivity index (χ4n) is 4.05. The number of amides is 1. The molecule has 1 aromatic carbocycles. The fourth-order valence-corrected chi connectivity index (χ4v) is 4.05. The Morgan fingerprint density at radius 1 is 1.19 bits per heavy atom. The van der Waals surface area contributed by atoms with E-state index in [-0.39, 0.29) is 23.7 Å². The van der Waals surface area contributed by atoms with Gasteiger partial charge in [0, 0.05) is 12.0 Å². The van der Waals surface area contributed by atoms with Gasteiger partial charge < -0.3 is 20.5 Å². The zero-order chi connectivity index (χ0) is 19.2. The van der Waals surface area contributed by atoms with E-state index in [1.165, 1.54) is 24.8 Å². The summed E-state index contributed by atoms with van der Waals surface area (Å²) in [5, 5.41) is 3.15. The zero-order valence-electron chi connectivity index (χ0n) is 17.1. The largest absolute Gasteiger partial charge is 0.493 e. The summed E-state index contributed by atoms with van der Waals surface area (Å²) in [6.07, 6.45) is 7.25. The quantitative estimate of drug-likeness (QED) is 0.695. The van der Waals surface area contributed by atoms with Crippen molar-refractivity contribution in [3.05, 3.63) is 23.8 Å². The molecule has 1 unspecified atom stereocenters. The van der Waals surface area contributed by atoms with Crippen LogP contribution in [0.3, 0.4) is 0 Å². The van der Waals surface area contributed by atoms with Gasteiger partial charge in [-0.15, -0.1) is 12.4 Å². The standard InChI is InChI=1S/C21H34N2O3.ClH/c1-5-11-20(2,22)19(24)23-15-21(12-7-6-8-13-21)16-9-10-17(25-3)18(14-16)26-4;/h9-10,14H,5-8,11-13,15,22H2,1-4H3,(H,23,24);1H. The van der Waals surface area contributed by atoms with Crippen molar-refractivity contribution in [1.29, 1.82) is 0 Å². The molecule has 154 valence electrons. The fraction of sp³-hybridized carbons (Fsp3) is 0.667. The number of carbonyl (C=O) groups is 1. The second-order valence-electron chi connectivity index (χ2n) is 7.76. The third-order valence-corrected chi connectivity index (χ3v) is 5.68. The van der Waals surface area contributed by atoms with Crippen LogP contribution in [0.15, 0.2) is 18.2 Å². The van der Waals surface area contributed by atoms with E-state index in [1.54, 1.807) is 14.2 Å². The molecule has 27 heavy (non-hydrogen) atoms. The molecule has 0 radical (unpaired) electrons. The zero-order valence-corrected chi connectivity index (χ0v) is 17.9. The average Bonchev–Trinajstić information content (AvgIpc) is 2.66. The molecule has 6 heteroatoms. The number of benzene rings is 1. The molecule has 0 aliphatic heterocycles. The Bertz CT molecular complexity index is 613. The Kier molecular flexibility index (Phi) is 8.89. The second-order valence-corrected chi connectivity index (χ2v) is 7.76. The number of rotatable bonds is 8. The van der Waals surface area contributed by atoms with Gasteiger partial charge in [-0.25, -0.2) is 0 Å². The monoisotopic (exact) mass is 398 g/mol. The molecule has 0 heterocycles. The first-order chi connectivity index (χ1) is 12.4. The Labute approximate surface area is 169 Å². The molecule has 1 amide bonds. The van der Waals surface area contributed by atoms with Gasteiger partial charge in [-0.2, -0.15) is 0 Å². The first kappa shape index (κ1) is 23.6. The minimum atomic E-state index is -0.817. The van der Waals surface area contributed by atoms with E-state index < -0.39 is 5.54 Å². The molecule has 0 bridgehead atoms. The van der Waals surface area contributed by atoms with Gasteiger partial charge in [-0.3, -0.25) is 4.79 Å². The molecule has 1 aliphatic carbocycles. The van der Waals surface area contributed by atoms with Gasteiger partial charge in [0.1, 0.15) is 0 Å². The van der Waals surface area contributed by atoms with Gasteiger partial charge in [-0.05, 0) is 43.9 Å². The van der Waals surface area contributed by atoms with Gasteiger partial charge in [0.2, 0.25) is 5.91 Å². The Morgan fingerprint density at radius 3 is 2.37 bits per heavy atom. The smallest absolute Gasteiger partial charge is 0.239 e. The number of carbonyl (C=O) groups excluding carboxylic acids is 1. The van der Waals surface area contributed by atoms with E-state index in [9.17, 15) is 4.79 Å². The van der Waals surface area contributed by atoms with E-state index >= 15 is 0 Å². The average molecular weight is 399 g/mol. The van der Waals surface area contributed by atoms with Crippen molar-refractivity contribution >= 4 is 18.3 Å². The van der Waals surface area contributed by atoms with Crippen LogP contribution >= 0.6 is 12.4 Å². The number of methoxy groups -OCH3 is 2. The Hall–Kier alpha value is -1.46. The lowest BCUT2D eigenvalue weighted by atomic mass is 9.69. The van der Waals surface area contributed by atoms with Gasteiger partial charge in [-0.1, -0.05) is 38.7 Å². The second kappa shape index (κ2) is 10.2. The third-order valence-electron chi connectivity index (χ3n) is 5.68. The molecule has 5 nitrogen and oxygen atoms in total. The third kappa shape index (κ3) is 5.52. The first-order valence-electron chi connectivity index (χ1n) is 9.68. The molecule has 1 fully saturated rings. The van der Waals surface area contributed by atoms with Crippen LogP contribution in [-0.2, 0) is 10.2 Å². The Morgan fingerprint density at radius 2 is 1.81 bits per heavy atom. The van der Waals surface area contributed by atoms with Gasteiger partial charge in [0.05, 0.1) is 19.8 Å². The normalized spacial score (nSPS) is 18.0. The van der Waals surface area contributed by atoms with Gasteiger partial charge in [0.15, 0.2) is 11.5 Å². The van der Waals surface area contributed by atoms with Gasteiger partial charge >= 0.3 is 0 Å². The Balaban J connectivity index is 0.00000364. The lowest BCUT2D eigenvalue weighted by molar-refractivity contribution is -0.126. The van der Waals surface area contributed by atoms with Crippen LogP contribution < -0.4 is 20.5 Å². The predicted molar refractivity (Wildman–Crippen MR) is 112 cm³/mol. The molecule has 0 saturated heterocycles. The van der Waals surface area contributed by atoms with Crippen LogP contribution in [0.2, 0.25) is 0 Å². The lowest BCUT2D eigenvalue weighted by Gasteiger charge is -2.39. The highest BCUT2D eigenvalue weighted by molar-refractivity contribution is 5.85. The van der Waals surface area contributed by atoms with Crippen molar-refractivity contribution in [2.24, 2.45) is 5.73 Å². The molecule has 1 aromatic rings. The van der Waals surface area contributed by atoms with Crippen LogP contribution in [0.1, 0.15) is 64.4 Å². The molecular formula is C21H35ClN2O3. The van der Waals surface area contributed by atoms with Crippen molar-refractivity contribution in [1.82, 2.24) is 5.32 Å². The van der Waals surface area contributed by atoms with Crippen molar-refractivity contribution in [2.75, 3.05) is 20.8 Å². The predicted octanol–water partition coefficient (Wildman–Crippen LogP) is 3.96. The van der Waals surface area contributed by atoms with E-state index in [2.05, 4.69) is 17.4 Å². The number of hydrogen-bond acceptors (Lipinski definition) is 4. The van der Waals surface area contributed by atoms with Gasteiger partial charge in [0.25, 0.3) is 0 Å². The summed E-state index contributed by atoms with van der Waals surface area (Å²) >= 11 is 0. The topological polar surface area (TPSA) is 73.6 Å². The molecule has 1 saturated carbocycles. The highest BCUT2D eigenvalue weighted by Crippen LogP contribution is 2.42. The summed E-state index contributed by atoms with van der Waals surface area (Å²) < 4.78 is 10.9. The van der Waals surface area contributed by atoms with E-state index in [0.717, 1.165) is 30.8 Å². The molecule has 0 spiro atoms. The van der Waals surface area contributed by atoms with Crippen LogP contribution in [0, 0.1) is 0 Å². The number of halogens is 1. The molecule has 0 aromatic heterocycles. The van der Waals surface area contributed by atoms with Crippen molar-refractivity contribution in [3.8, 4) is 11.5 Å². The number of ether oxygens (including phenoxy) is 2. The van der Waals surface area contributed by atoms with E-state index in [4.69, 9.17) is 15.2 Å². The van der Waals surface area contributed by atoms with Crippen molar-refractivity contribution in [3.63, 3.8) is 0 Å². The molecule has 3 N–H and O–H groups in total. The molecule has 1 aliphatic rings. The molecular weight excluding hydrogens is 364 g/mol. The summed E-state index contributed by atoms with van der Waals surface area (Å²) in [6, 6.07) is 6.12. The molecule has 2 rings (SSSR count). The maximum absolute atomic E-state index is 12.6. The minimum absolute atomic E-state index is 0. The summed E-state index contributed by atoms with van der Waals surface area (Å²) in [4.78, 5) is 12.6. The summed E-state index contributed by atoms with van der Waals surface area (Å²) in [7, 11) is 3.30. The van der Waals surface area contributed by atoms with Crippen molar-refractivity contribution < 1.29 is 14.3 Å².